The van der Waals surface area contributed by atoms with Crippen molar-refractivity contribution in [2.45, 2.75) is 29.4 Å². The SMILES string of the molecule is Nc1cc(S(=O)(=O)O)cc2cc(S(=O)(=O)O)cc(ON=Nc3ccc(-c4ccc(N=NOc5cc(S(=O)(=O)O)cc6cc(S(=O)(=O)O)cc(N)c56)c(S(=O)(=O)O)c4)cc3S(=O)(=O)O)c12. The second-order valence-corrected chi connectivity index (χ2v) is 21.3. The Hall–Kier alpha value is -6.30. The molecule has 0 fully saturated rings. The van der Waals surface area contributed by atoms with Crippen LogP contribution in [-0.4, -0.2) is 77.8 Å². The van der Waals surface area contributed by atoms with Gasteiger partial charge in [0, 0.05) is 34.1 Å². The van der Waals surface area contributed by atoms with Crippen LogP contribution in [0.25, 0.3) is 32.7 Å². The first-order valence-electron chi connectivity index (χ1n) is 16.4. The Morgan fingerprint density at radius 3 is 0.969 bits per heavy atom. The summed E-state index contributed by atoms with van der Waals surface area (Å²) in [6.45, 7) is 0. The minimum atomic E-state index is -5.22. The van der Waals surface area contributed by atoms with Crippen molar-refractivity contribution in [3.8, 4) is 22.6 Å². The summed E-state index contributed by atoms with van der Waals surface area (Å²) in [5, 5.41) is 12.8. The van der Waals surface area contributed by atoms with Crippen molar-refractivity contribution >= 4 is 105 Å². The first kappa shape index (κ1) is 47.2. The van der Waals surface area contributed by atoms with Crippen molar-refractivity contribution in [3.05, 3.63) is 84.9 Å². The first-order valence-corrected chi connectivity index (χ1v) is 25.0. The van der Waals surface area contributed by atoms with Crippen molar-refractivity contribution in [3.63, 3.8) is 0 Å². The molecule has 0 amide bonds. The van der Waals surface area contributed by atoms with Crippen LogP contribution in [0.4, 0.5) is 22.7 Å². The third-order valence-corrected chi connectivity index (χ3v) is 13.6. The van der Waals surface area contributed by atoms with Gasteiger partial charge in [0.25, 0.3) is 60.7 Å². The summed E-state index contributed by atoms with van der Waals surface area (Å²) in [5.74, 6) is -1.17. The summed E-state index contributed by atoms with van der Waals surface area (Å²) in [4.78, 5) is 5.07. The van der Waals surface area contributed by atoms with Gasteiger partial charge in [0.15, 0.2) is 11.5 Å². The van der Waals surface area contributed by atoms with Gasteiger partial charge in [-0.1, -0.05) is 12.1 Å². The van der Waals surface area contributed by atoms with Gasteiger partial charge >= 0.3 is 0 Å². The van der Waals surface area contributed by atoms with Gasteiger partial charge in [-0.25, -0.2) is 0 Å². The van der Waals surface area contributed by atoms with Gasteiger partial charge < -0.3 is 21.1 Å². The maximum Gasteiger partial charge on any atom is 0.296 e. The monoisotopic (exact) mass is 1000 g/mol. The number of fused-ring (bicyclic) bond motifs is 2. The molecule has 6 aromatic rings. The van der Waals surface area contributed by atoms with Crippen LogP contribution in [0.3, 0.4) is 0 Å². The zero-order valence-corrected chi connectivity index (χ0v) is 35.8. The highest BCUT2D eigenvalue weighted by Gasteiger charge is 2.24. The van der Waals surface area contributed by atoms with E-state index in [1.807, 2.05) is 0 Å². The van der Waals surface area contributed by atoms with Crippen LogP contribution in [0, 0.1) is 0 Å². The van der Waals surface area contributed by atoms with Crippen molar-refractivity contribution in [2.75, 3.05) is 11.5 Å². The van der Waals surface area contributed by atoms with Crippen LogP contribution >= 0.6 is 0 Å². The van der Waals surface area contributed by atoms with Crippen molar-refractivity contribution < 1.29 is 87.5 Å². The number of nitrogen functional groups attached to an aromatic ring is 2. The first-order chi connectivity index (χ1) is 29.3. The zero-order chi connectivity index (χ0) is 47.5. The molecule has 0 spiro atoms. The quantitative estimate of drug-likeness (QED) is 0.0342. The van der Waals surface area contributed by atoms with Crippen LogP contribution in [0.1, 0.15) is 0 Å². The van der Waals surface area contributed by atoms with Gasteiger partial charge in [0.1, 0.15) is 21.2 Å². The number of hydrogen-bond donors (Lipinski definition) is 8. The molecule has 0 aliphatic carbocycles. The molecule has 0 saturated heterocycles. The molecule has 0 aliphatic rings. The minimum absolute atomic E-state index is 0.167. The van der Waals surface area contributed by atoms with E-state index in [0.717, 1.165) is 72.8 Å². The Balaban J connectivity index is 1.36. The third-order valence-electron chi connectivity index (χ3n) is 8.56. The predicted octanol–water partition coefficient (Wildman–Crippen LogP) is 4.46. The van der Waals surface area contributed by atoms with Crippen molar-refractivity contribution in [2.24, 2.45) is 20.8 Å². The van der Waals surface area contributed by atoms with E-state index in [1.54, 1.807) is 0 Å². The fraction of sp³-hybridized carbons (Fsp3) is 0. The smallest absolute Gasteiger partial charge is 0.296 e. The van der Waals surface area contributed by atoms with Crippen LogP contribution in [0.5, 0.6) is 11.5 Å². The average Bonchev–Trinajstić information content (AvgIpc) is 3.15. The van der Waals surface area contributed by atoms with E-state index in [-0.39, 0.29) is 32.7 Å². The van der Waals surface area contributed by atoms with Gasteiger partial charge in [-0.3, -0.25) is 27.3 Å². The molecule has 0 aliphatic heterocycles. The topological polar surface area (TPSA) is 446 Å². The molecular weight excluding hydrogens is 981 g/mol. The largest absolute Gasteiger partial charge is 0.398 e. The molecule has 26 nitrogen and oxygen atoms in total. The summed E-state index contributed by atoms with van der Waals surface area (Å²) in [6, 6.07) is 11.7. The number of nitrogens with two attached hydrogens (primary N) is 2. The van der Waals surface area contributed by atoms with E-state index >= 15 is 0 Å². The van der Waals surface area contributed by atoms with Gasteiger partial charge in [-0.2, -0.15) is 50.5 Å². The second kappa shape index (κ2) is 16.4. The summed E-state index contributed by atoms with van der Waals surface area (Å²) in [5.41, 5.74) is 9.40. The normalized spacial score (nSPS) is 13.3. The van der Waals surface area contributed by atoms with Gasteiger partial charge in [0.2, 0.25) is 0 Å². The number of nitrogens with zero attached hydrogens (tertiary/aromatic N) is 4. The van der Waals surface area contributed by atoms with E-state index in [4.69, 9.17) is 21.1 Å². The lowest BCUT2D eigenvalue weighted by Gasteiger charge is -2.11. The van der Waals surface area contributed by atoms with Crippen LogP contribution in [0.15, 0.2) is 135 Å². The molecule has 10 N–H and O–H groups in total. The molecule has 0 radical (unpaired) electrons. The Bertz CT molecular complexity index is 3500. The standard InChI is InChI=1S/C32H24N6O20S6/c33-23-11-19(59(39,40)41)5-17-7-21(61(45,46)47)13-27(31(17)23)57-37-35-25-3-1-15(9-29(25)63(51,52)53)16-2-4-26(30(10-16)64(54,55)56)36-38-58-28-14-22(62(48,49)50)8-18-6-20(60(42,43)44)12-24(34)32(18)28/h1-14H,33-34H2,(H,39,40,41)(H,42,43,44)(H,45,46,47)(H,48,49,50)(H,51,52,53)(H,54,55,56). The Kier molecular flexibility index (Phi) is 12.1. The molecular formula is C32H24N6O20S6. The lowest BCUT2D eigenvalue weighted by Crippen LogP contribution is -2.03. The summed E-state index contributed by atoms with van der Waals surface area (Å²) in [6.07, 6.45) is 0. The molecule has 0 atom stereocenters. The van der Waals surface area contributed by atoms with Crippen LogP contribution in [0.2, 0.25) is 0 Å². The van der Waals surface area contributed by atoms with E-state index in [1.165, 1.54) is 0 Å². The van der Waals surface area contributed by atoms with Gasteiger partial charge in [-0.05, 0) is 82.6 Å². The highest BCUT2D eigenvalue weighted by Crippen LogP contribution is 2.39. The van der Waals surface area contributed by atoms with E-state index in [9.17, 15) is 77.8 Å². The molecule has 338 valence electrons. The summed E-state index contributed by atoms with van der Waals surface area (Å²) >= 11 is 0. The fourth-order valence-corrected chi connectivity index (χ4v) is 9.30. The number of benzene rings is 6. The number of rotatable bonds is 13. The molecule has 6 rings (SSSR count). The van der Waals surface area contributed by atoms with Gasteiger partial charge in [-0.15, -0.1) is 10.2 Å². The maximum absolute atomic E-state index is 12.5. The lowest BCUT2D eigenvalue weighted by molar-refractivity contribution is 0.315. The van der Waals surface area contributed by atoms with Gasteiger partial charge in [0.05, 0.1) is 30.4 Å². The minimum Gasteiger partial charge on any atom is -0.398 e. The Morgan fingerprint density at radius 2 is 0.688 bits per heavy atom. The number of hydrogen-bond acceptors (Lipinski definition) is 20. The van der Waals surface area contributed by atoms with Crippen molar-refractivity contribution in [1.82, 2.24) is 0 Å². The molecule has 0 heterocycles. The molecule has 0 unspecified atom stereocenters. The molecule has 0 aromatic heterocycles. The van der Waals surface area contributed by atoms with E-state index in [0.29, 0.717) is 12.1 Å². The van der Waals surface area contributed by atoms with Crippen LogP contribution < -0.4 is 21.1 Å². The fourth-order valence-electron chi connectivity index (χ4n) is 5.83. The van der Waals surface area contributed by atoms with E-state index in [2.05, 4.69) is 20.8 Å². The molecule has 0 bridgehead atoms. The Morgan fingerprint density at radius 1 is 0.391 bits per heavy atom. The zero-order valence-electron chi connectivity index (χ0n) is 30.9. The summed E-state index contributed by atoms with van der Waals surface area (Å²) in [7, 11) is -30.2. The molecule has 32 heteroatoms. The van der Waals surface area contributed by atoms with Crippen molar-refractivity contribution in [1.29, 1.82) is 0 Å². The average molecular weight is 1000 g/mol. The highest BCUT2D eigenvalue weighted by molar-refractivity contribution is 7.87. The molecule has 64 heavy (non-hydrogen) atoms. The number of anilines is 2. The second-order valence-electron chi connectivity index (χ2n) is 12.8. The summed E-state index contributed by atoms with van der Waals surface area (Å²) < 4.78 is 203. The lowest BCUT2D eigenvalue weighted by atomic mass is 10.0. The predicted molar refractivity (Wildman–Crippen MR) is 218 cm³/mol. The highest BCUT2D eigenvalue weighted by atomic mass is 32.2. The van der Waals surface area contributed by atoms with E-state index < -0.39 is 124 Å². The third kappa shape index (κ3) is 10.2. The van der Waals surface area contributed by atoms with Crippen LogP contribution in [-0.2, 0) is 60.7 Å². The Labute approximate surface area is 359 Å². The maximum atomic E-state index is 12.5. The molecule has 6 aromatic carbocycles. The molecule has 0 saturated carbocycles.